The zero-order valence-corrected chi connectivity index (χ0v) is 8.90. The van der Waals surface area contributed by atoms with Gasteiger partial charge in [-0.25, -0.2) is 0 Å². The molecule has 1 aromatic heterocycles. The zero-order valence-electron chi connectivity index (χ0n) is 8.90. The Kier molecular flexibility index (Phi) is 2.48. The molecule has 1 aliphatic rings. The van der Waals surface area contributed by atoms with Crippen molar-refractivity contribution in [1.29, 1.82) is 0 Å². The van der Waals surface area contributed by atoms with E-state index in [2.05, 4.69) is 11.9 Å². The van der Waals surface area contributed by atoms with Gasteiger partial charge in [0.25, 0.3) is 0 Å². The molecule has 14 heavy (non-hydrogen) atoms. The number of aryl methyl sites for hydroxylation is 1. The zero-order chi connectivity index (χ0) is 10.1. The van der Waals surface area contributed by atoms with Gasteiger partial charge >= 0.3 is 0 Å². The van der Waals surface area contributed by atoms with Crippen LogP contribution in [0.3, 0.4) is 0 Å². The summed E-state index contributed by atoms with van der Waals surface area (Å²) in [6, 6.07) is 0. The molecule has 0 unspecified atom stereocenters. The number of imidazole rings is 1. The molecule has 0 atom stereocenters. The van der Waals surface area contributed by atoms with Gasteiger partial charge in [0.05, 0.1) is 6.20 Å². The summed E-state index contributed by atoms with van der Waals surface area (Å²) >= 11 is 0. The Morgan fingerprint density at radius 2 is 2.00 bits per heavy atom. The van der Waals surface area contributed by atoms with Crippen molar-refractivity contribution in [2.75, 3.05) is 0 Å². The molecule has 78 valence electrons. The quantitative estimate of drug-likeness (QED) is 0.745. The highest BCUT2D eigenvalue weighted by Crippen LogP contribution is 2.35. The minimum Gasteiger partial charge on any atom is -0.492 e. The first kappa shape index (κ1) is 9.56. The summed E-state index contributed by atoms with van der Waals surface area (Å²) in [7, 11) is 1.96. The van der Waals surface area contributed by atoms with Crippen molar-refractivity contribution in [3.8, 4) is 5.88 Å². The van der Waals surface area contributed by atoms with E-state index in [1.807, 2.05) is 11.6 Å². The average Bonchev–Trinajstić information content (AvgIpc) is 2.47. The SMILES string of the molecule is CC1CCC(c2nc(O)cn2C)CC1. The van der Waals surface area contributed by atoms with Crippen LogP contribution in [-0.2, 0) is 7.05 Å². The van der Waals surface area contributed by atoms with Crippen molar-refractivity contribution < 1.29 is 5.11 Å². The van der Waals surface area contributed by atoms with Crippen molar-refractivity contribution >= 4 is 0 Å². The number of aromatic nitrogens is 2. The normalized spacial score (nSPS) is 27.9. The van der Waals surface area contributed by atoms with Gasteiger partial charge in [-0.3, -0.25) is 0 Å². The van der Waals surface area contributed by atoms with E-state index >= 15 is 0 Å². The van der Waals surface area contributed by atoms with Crippen molar-refractivity contribution in [3.05, 3.63) is 12.0 Å². The smallest absolute Gasteiger partial charge is 0.229 e. The Morgan fingerprint density at radius 1 is 1.36 bits per heavy atom. The van der Waals surface area contributed by atoms with E-state index in [1.165, 1.54) is 25.7 Å². The molecule has 0 bridgehead atoms. The Hall–Kier alpha value is -0.990. The van der Waals surface area contributed by atoms with Crippen LogP contribution < -0.4 is 0 Å². The van der Waals surface area contributed by atoms with Crippen LogP contribution >= 0.6 is 0 Å². The second kappa shape index (κ2) is 3.64. The topological polar surface area (TPSA) is 38.1 Å². The van der Waals surface area contributed by atoms with E-state index in [4.69, 9.17) is 0 Å². The number of rotatable bonds is 1. The van der Waals surface area contributed by atoms with Gasteiger partial charge in [-0.05, 0) is 18.8 Å². The molecule has 0 spiro atoms. The van der Waals surface area contributed by atoms with E-state index in [0.29, 0.717) is 5.92 Å². The van der Waals surface area contributed by atoms with Crippen LogP contribution in [0.25, 0.3) is 0 Å². The Balaban J connectivity index is 2.11. The molecular weight excluding hydrogens is 176 g/mol. The molecule has 3 heteroatoms. The summed E-state index contributed by atoms with van der Waals surface area (Å²) in [6.45, 7) is 2.31. The minimum absolute atomic E-state index is 0.154. The summed E-state index contributed by atoms with van der Waals surface area (Å²) < 4.78 is 1.95. The number of aromatic hydroxyl groups is 1. The summed E-state index contributed by atoms with van der Waals surface area (Å²) in [5.41, 5.74) is 0. The lowest BCUT2D eigenvalue weighted by Crippen LogP contribution is -2.14. The Bertz CT molecular complexity index is 311. The number of hydrogen-bond donors (Lipinski definition) is 1. The first-order valence-corrected chi connectivity index (χ1v) is 5.39. The van der Waals surface area contributed by atoms with Gasteiger partial charge in [-0.15, -0.1) is 0 Å². The van der Waals surface area contributed by atoms with Crippen LogP contribution in [0.1, 0.15) is 44.3 Å². The monoisotopic (exact) mass is 194 g/mol. The van der Waals surface area contributed by atoms with Gasteiger partial charge in [0.1, 0.15) is 5.82 Å². The fraction of sp³-hybridized carbons (Fsp3) is 0.727. The van der Waals surface area contributed by atoms with Crippen LogP contribution in [0.5, 0.6) is 5.88 Å². The first-order valence-electron chi connectivity index (χ1n) is 5.39. The molecule has 1 fully saturated rings. The lowest BCUT2D eigenvalue weighted by atomic mass is 9.82. The summed E-state index contributed by atoms with van der Waals surface area (Å²) in [5.74, 6) is 2.62. The minimum atomic E-state index is 0.154. The van der Waals surface area contributed by atoms with Gasteiger partial charge in [-0.1, -0.05) is 19.8 Å². The van der Waals surface area contributed by atoms with Crippen molar-refractivity contribution in [2.45, 2.75) is 38.5 Å². The fourth-order valence-electron chi connectivity index (χ4n) is 2.36. The second-order valence-corrected chi connectivity index (χ2v) is 4.53. The van der Waals surface area contributed by atoms with Crippen LogP contribution in [0.15, 0.2) is 6.20 Å². The highest BCUT2D eigenvalue weighted by atomic mass is 16.3. The van der Waals surface area contributed by atoms with Crippen LogP contribution in [0.2, 0.25) is 0 Å². The van der Waals surface area contributed by atoms with E-state index in [9.17, 15) is 5.11 Å². The van der Waals surface area contributed by atoms with Gasteiger partial charge in [0.15, 0.2) is 0 Å². The summed E-state index contributed by atoms with van der Waals surface area (Å²) in [5, 5.41) is 9.28. The van der Waals surface area contributed by atoms with Gasteiger partial charge in [0, 0.05) is 13.0 Å². The molecular formula is C11H18N2O. The van der Waals surface area contributed by atoms with E-state index in [1.54, 1.807) is 6.20 Å². The maximum atomic E-state index is 9.28. The molecule has 0 radical (unpaired) electrons. The van der Waals surface area contributed by atoms with Gasteiger partial charge < -0.3 is 9.67 Å². The third-order valence-electron chi connectivity index (χ3n) is 3.28. The Labute approximate surface area is 84.8 Å². The predicted octanol–water partition coefficient (Wildman–Crippen LogP) is 2.42. The van der Waals surface area contributed by atoms with Crippen LogP contribution in [0, 0.1) is 5.92 Å². The molecule has 1 aromatic rings. The highest BCUT2D eigenvalue weighted by Gasteiger charge is 2.23. The molecule has 1 aliphatic carbocycles. The average molecular weight is 194 g/mol. The largest absolute Gasteiger partial charge is 0.492 e. The highest BCUT2D eigenvalue weighted by molar-refractivity contribution is 5.11. The second-order valence-electron chi connectivity index (χ2n) is 4.53. The van der Waals surface area contributed by atoms with Crippen LogP contribution in [-0.4, -0.2) is 14.7 Å². The third kappa shape index (κ3) is 1.76. The maximum absolute atomic E-state index is 9.28. The predicted molar refractivity (Wildman–Crippen MR) is 55.2 cm³/mol. The summed E-state index contributed by atoms with van der Waals surface area (Å²) in [6.07, 6.45) is 6.70. The molecule has 0 aromatic carbocycles. The van der Waals surface area contributed by atoms with Crippen molar-refractivity contribution in [1.82, 2.24) is 9.55 Å². The summed E-state index contributed by atoms with van der Waals surface area (Å²) in [4.78, 5) is 4.18. The molecule has 0 aliphatic heterocycles. The lowest BCUT2D eigenvalue weighted by molar-refractivity contribution is 0.335. The molecule has 1 heterocycles. The molecule has 3 nitrogen and oxygen atoms in total. The number of hydrogen-bond acceptors (Lipinski definition) is 2. The molecule has 1 N–H and O–H groups in total. The lowest BCUT2D eigenvalue weighted by Gasteiger charge is -2.25. The fourth-order valence-corrected chi connectivity index (χ4v) is 2.36. The van der Waals surface area contributed by atoms with Gasteiger partial charge in [0.2, 0.25) is 5.88 Å². The van der Waals surface area contributed by atoms with Crippen LogP contribution in [0.4, 0.5) is 0 Å². The van der Waals surface area contributed by atoms with Crippen molar-refractivity contribution in [2.24, 2.45) is 13.0 Å². The molecule has 0 amide bonds. The molecule has 1 saturated carbocycles. The molecule has 0 saturated heterocycles. The standard InChI is InChI=1S/C11H18N2O/c1-8-3-5-9(6-4-8)11-12-10(14)7-13(11)2/h7-9,14H,3-6H2,1-2H3. The number of nitrogens with zero attached hydrogens (tertiary/aromatic N) is 2. The van der Waals surface area contributed by atoms with Gasteiger partial charge in [-0.2, -0.15) is 4.98 Å². The molecule has 2 rings (SSSR count). The van der Waals surface area contributed by atoms with E-state index in [0.717, 1.165) is 11.7 Å². The maximum Gasteiger partial charge on any atom is 0.229 e. The van der Waals surface area contributed by atoms with Crippen molar-refractivity contribution in [3.63, 3.8) is 0 Å². The Morgan fingerprint density at radius 3 is 2.50 bits per heavy atom. The van der Waals surface area contributed by atoms with E-state index < -0.39 is 0 Å². The van der Waals surface area contributed by atoms with E-state index in [-0.39, 0.29) is 5.88 Å². The first-order chi connectivity index (χ1) is 6.66. The third-order valence-corrected chi connectivity index (χ3v) is 3.28.